The minimum Gasteiger partial charge on any atom is -0.352 e. The lowest BCUT2D eigenvalue weighted by Crippen LogP contribution is -2.45. The predicted octanol–water partition coefficient (Wildman–Crippen LogP) is 4.43. The zero-order valence-corrected chi connectivity index (χ0v) is 19.6. The standard InChI is InChI=1S/C26H25FN4O2S/c1-17-4-6-18(7-5-17)15-28-24(32)19-3-2-13-30(16-19)26-29-22-12-14-34-23(22)25(33)31(26)21-10-8-20(27)9-11-21/h4-12,14,19H,2-3,13,15-16H2,1H3,(H,28,32). The summed E-state index contributed by atoms with van der Waals surface area (Å²) < 4.78 is 15.6. The summed E-state index contributed by atoms with van der Waals surface area (Å²) in [6, 6.07) is 15.8. The maximum absolute atomic E-state index is 13.6. The van der Waals surface area contributed by atoms with E-state index in [9.17, 15) is 14.0 Å². The number of benzene rings is 2. The molecule has 0 spiro atoms. The van der Waals surface area contributed by atoms with E-state index < -0.39 is 0 Å². The van der Waals surface area contributed by atoms with E-state index in [2.05, 4.69) is 5.32 Å². The third kappa shape index (κ3) is 4.46. The molecule has 3 heterocycles. The van der Waals surface area contributed by atoms with Gasteiger partial charge in [0.15, 0.2) is 0 Å². The molecular weight excluding hydrogens is 451 g/mol. The van der Waals surface area contributed by atoms with E-state index in [0.29, 0.717) is 41.5 Å². The Balaban J connectivity index is 1.42. The van der Waals surface area contributed by atoms with Crippen molar-refractivity contribution in [2.24, 2.45) is 5.92 Å². The fourth-order valence-electron chi connectivity index (χ4n) is 4.35. The Morgan fingerprint density at radius 1 is 1.15 bits per heavy atom. The zero-order valence-electron chi connectivity index (χ0n) is 18.8. The van der Waals surface area contributed by atoms with Crippen LogP contribution in [0.2, 0.25) is 0 Å². The fourth-order valence-corrected chi connectivity index (χ4v) is 5.11. The summed E-state index contributed by atoms with van der Waals surface area (Å²) >= 11 is 1.34. The van der Waals surface area contributed by atoms with Gasteiger partial charge in [-0.25, -0.2) is 13.9 Å². The van der Waals surface area contributed by atoms with Gasteiger partial charge in [-0.2, -0.15) is 0 Å². The van der Waals surface area contributed by atoms with Crippen LogP contribution in [-0.4, -0.2) is 28.5 Å². The number of hydrogen-bond donors (Lipinski definition) is 1. The van der Waals surface area contributed by atoms with Gasteiger partial charge in [-0.15, -0.1) is 11.3 Å². The molecule has 0 aliphatic carbocycles. The normalized spacial score (nSPS) is 16.1. The van der Waals surface area contributed by atoms with Crippen molar-refractivity contribution in [3.05, 3.63) is 87.3 Å². The highest BCUT2D eigenvalue weighted by Gasteiger charge is 2.29. The summed E-state index contributed by atoms with van der Waals surface area (Å²) in [6.45, 7) is 3.66. The number of carbonyl (C=O) groups excluding carboxylic acids is 1. The molecule has 1 atom stereocenters. The summed E-state index contributed by atoms with van der Waals surface area (Å²) in [6.07, 6.45) is 1.58. The lowest BCUT2D eigenvalue weighted by molar-refractivity contribution is -0.125. The van der Waals surface area contributed by atoms with Gasteiger partial charge in [-0.1, -0.05) is 29.8 Å². The number of aryl methyl sites for hydroxylation is 1. The quantitative estimate of drug-likeness (QED) is 0.463. The molecule has 1 unspecified atom stereocenters. The van der Waals surface area contributed by atoms with Crippen molar-refractivity contribution in [3.63, 3.8) is 0 Å². The molecule has 6 nitrogen and oxygen atoms in total. The number of aromatic nitrogens is 2. The molecule has 0 saturated carbocycles. The first kappa shape index (κ1) is 22.3. The first-order chi connectivity index (χ1) is 16.5. The van der Waals surface area contributed by atoms with E-state index in [1.165, 1.54) is 33.6 Å². The Kier molecular flexibility index (Phi) is 6.15. The lowest BCUT2D eigenvalue weighted by Gasteiger charge is -2.34. The Labute approximate surface area is 200 Å². The van der Waals surface area contributed by atoms with E-state index in [1.54, 1.807) is 12.1 Å². The summed E-state index contributed by atoms with van der Waals surface area (Å²) in [7, 11) is 0. The van der Waals surface area contributed by atoms with E-state index in [1.807, 2.05) is 47.5 Å². The second-order valence-electron chi connectivity index (χ2n) is 8.65. The average molecular weight is 477 g/mol. The number of halogens is 1. The van der Waals surface area contributed by atoms with Crippen LogP contribution in [0.5, 0.6) is 0 Å². The predicted molar refractivity (Wildman–Crippen MR) is 133 cm³/mol. The number of fused-ring (bicyclic) bond motifs is 1. The second-order valence-corrected chi connectivity index (χ2v) is 9.57. The van der Waals surface area contributed by atoms with E-state index in [4.69, 9.17) is 4.98 Å². The SMILES string of the molecule is Cc1ccc(CNC(=O)C2CCCN(c3nc4ccsc4c(=O)n3-c3ccc(F)cc3)C2)cc1. The number of rotatable bonds is 5. The highest BCUT2D eigenvalue weighted by molar-refractivity contribution is 7.17. The molecule has 8 heteroatoms. The highest BCUT2D eigenvalue weighted by Crippen LogP contribution is 2.26. The topological polar surface area (TPSA) is 67.2 Å². The van der Waals surface area contributed by atoms with Gasteiger partial charge in [0.1, 0.15) is 10.5 Å². The van der Waals surface area contributed by atoms with Crippen molar-refractivity contribution in [1.29, 1.82) is 0 Å². The van der Waals surface area contributed by atoms with E-state index in [0.717, 1.165) is 18.4 Å². The Morgan fingerprint density at radius 2 is 1.91 bits per heavy atom. The molecule has 0 bridgehead atoms. The molecule has 5 rings (SSSR count). The third-order valence-electron chi connectivity index (χ3n) is 6.21. The van der Waals surface area contributed by atoms with Crippen LogP contribution in [-0.2, 0) is 11.3 Å². The summed E-state index contributed by atoms with van der Waals surface area (Å²) in [4.78, 5) is 33.1. The van der Waals surface area contributed by atoms with Crippen LogP contribution in [0, 0.1) is 18.7 Å². The highest BCUT2D eigenvalue weighted by atomic mass is 32.1. The maximum atomic E-state index is 13.6. The van der Waals surface area contributed by atoms with Crippen molar-refractivity contribution >= 4 is 33.4 Å². The number of carbonyl (C=O) groups is 1. The summed E-state index contributed by atoms with van der Waals surface area (Å²) in [5, 5.41) is 4.90. The third-order valence-corrected chi connectivity index (χ3v) is 7.10. The Bertz CT molecular complexity index is 1380. The fraction of sp³-hybridized carbons (Fsp3) is 0.269. The Hall–Kier alpha value is -3.52. The van der Waals surface area contributed by atoms with Gasteiger partial charge in [-0.05, 0) is 61.0 Å². The number of nitrogens with zero attached hydrogens (tertiary/aromatic N) is 3. The zero-order chi connectivity index (χ0) is 23.7. The van der Waals surface area contributed by atoms with Gasteiger partial charge in [-0.3, -0.25) is 9.59 Å². The van der Waals surface area contributed by atoms with Crippen molar-refractivity contribution in [2.45, 2.75) is 26.3 Å². The van der Waals surface area contributed by atoms with Crippen LogP contribution < -0.4 is 15.8 Å². The minimum atomic E-state index is -0.369. The van der Waals surface area contributed by atoms with Crippen LogP contribution in [0.1, 0.15) is 24.0 Å². The number of thiophene rings is 1. The van der Waals surface area contributed by atoms with Crippen molar-refractivity contribution < 1.29 is 9.18 Å². The van der Waals surface area contributed by atoms with Crippen molar-refractivity contribution in [1.82, 2.24) is 14.9 Å². The molecule has 1 amide bonds. The van der Waals surface area contributed by atoms with Crippen LogP contribution in [0.4, 0.5) is 10.3 Å². The minimum absolute atomic E-state index is 0.00225. The molecular formula is C26H25FN4O2S. The monoisotopic (exact) mass is 476 g/mol. The number of hydrogen-bond acceptors (Lipinski definition) is 5. The molecule has 2 aromatic heterocycles. The number of anilines is 1. The van der Waals surface area contributed by atoms with Gasteiger partial charge in [0.05, 0.1) is 17.1 Å². The molecule has 1 aliphatic heterocycles. The molecule has 4 aromatic rings. The first-order valence-electron chi connectivity index (χ1n) is 11.3. The van der Waals surface area contributed by atoms with Gasteiger partial charge < -0.3 is 10.2 Å². The maximum Gasteiger partial charge on any atom is 0.277 e. The Morgan fingerprint density at radius 3 is 2.68 bits per heavy atom. The van der Waals surface area contributed by atoms with Crippen LogP contribution in [0.3, 0.4) is 0 Å². The molecule has 1 N–H and O–H groups in total. The molecule has 1 fully saturated rings. The van der Waals surface area contributed by atoms with Crippen LogP contribution >= 0.6 is 11.3 Å². The van der Waals surface area contributed by atoms with Gasteiger partial charge in [0.25, 0.3) is 5.56 Å². The largest absolute Gasteiger partial charge is 0.352 e. The molecule has 0 radical (unpaired) electrons. The molecule has 1 saturated heterocycles. The number of nitrogens with one attached hydrogen (secondary N) is 1. The van der Waals surface area contributed by atoms with Gasteiger partial charge in [0, 0.05) is 19.6 Å². The molecule has 2 aromatic carbocycles. The first-order valence-corrected chi connectivity index (χ1v) is 12.2. The second kappa shape index (κ2) is 9.38. The molecule has 1 aliphatic rings. The average Bonchev–Trinajstić information content (AvgIpc) is 3.33. The molecule has 174 valence electrons. The van der Waals surface area contributed by atoms with Gasteiger partial charge in [0.2, 0.25) is 11.9 Å². The van der Waals surface area contributed by atoms with Gasteiger partial charge >= 0.3 is 0 Å². The summed E-state index contributed by atoms with van der Waals surface area (Å²) in [5.74, 6) is -0.0983. The number of piperidine rings is 1. The van der Waals surface area contributed by atoms with E-state index in [-0.39, 0.29) is 23.2 Å². The van der Waals surface area contributed by atoms with E-state index >= 15 is 0 Å². The number of amides is 1. The van der Waals surface area contributed by atoms with Crippen LogP contribution in [0.25, 0.3) is 15.9 Å². The smallest absolute Gasteiger partial charge is 0.277 e. The summed E-state index contributed by atoms with van der Waals surface area (Å²) in [5.41, 5.74) is 3.23. The lowest BCUT2D eigenvalue weighted by atomic mass is 9.97. The van der Waals surface area contributed by atoms with Crippen molar-refractivity contribution in [2.75, 3.05) is 18.0 Å². The van der Waals surface area contributed by atoms with Crippen LogP contribution in [0.15, 0.2) is 64.8 Å². The molecule has 34 heavy (non-hydrogen) atoms. The van der Waals surface area contributed by atoms with Crippen molar-refractivity contribution in [3.8, 4) is 5.69 Å².